The van der Waals surface area contributed by atoms with Crippen LogP contribution in [-0.2, 0) is 0 Å². The standard InChI is InChI=1S/C40H25NOS/c1-2-9-26(10-3-1)27-17-20-29(21-18-27)41(30-22-24-38-34(25-30)32-13-5-7-16-37(32)43-38)35-14-8-11-28-19-23-33-31-12-4-6-15-36(31)42-40(33)39(28)35/h1-25H. The van der Waals surface area contributed by atoms with Gasteiger partial charge in [0.05, 0.1) is 5.69 Å². The first kappa shape index (κ1) is 24.2. The predicted octanol–water partition coefficient (Wildman–Crippen LogP) is 12.2. The van der Waals surface area contributed by atoms with Crippen molar-refractivity contribution in [1.29, 1.82) is 0 Å². The summed E-state index contributed by atoms with van der Waals surface area (Å²) in [7, 11) is 0. The van der Waals surface area contributed by atoms with E-state index in [1.807, 2.05) is 17.4 Å². The molecule has 0 aliphatic carbocycles. The second-order valence-electron chi connectivity index (χ2n) is 10.9. The van der Waals surface area contributed by atoms with Crippen molar-refractivity contribution in [3.63, 3.8) is 0 Å². The molecule has 2 aromatic heterocycles. The number of para-hydroxylation sites is 1. The third-order valence-electron chi connectivity index (χ3n) is 8.46. The smallest absolute Gasteiger partial charge is 0.145 e. The number of anilines is 3. The van der Waals surface area contributed by atoms with E-state index in [2.05, 4.69) is 150 Å². The Bertz CT molecular complexity index is 2450. The minimum absolute atomic E-state index is 0.907. The Morgan fingerprint density at radius 3 is 2.07 bits per heavy atom. The van der Waals surface area contributed by atoms with E-state index in [0.29, 0.717) is 0 Å². The van der Waals surface area contributed by atoms with Gasteiger partial charge in [-0.25, -0.2) is 0 Å². The number of thiophene rings is 1. The molecule has 202 valence electrons. The number of rotatable bonds is 4. The molecule has 0 unspecified atom stereocenters. The predicted molar refractivity (Wildman–Crippen MR) is 184 cm³/mol. The maximum atomic E-state index is 6.60. The van der Waals surface area contributed by atoms with E-state index in [4.69, 9.17) is 4.42 Å². The molecule has 0 aliphatic heterocycles. The number of furan rings is 1. The number of hydrogen-bond donors (Lipinski definition) is 0. The molecular formula is C40H25NOS. The highest BCUT2D eigenvalue weighted by Crippen LogP contribution is 2.45. The van der Waals surface area contributed by atoms with Crippen LogP contribution in [0.25, 0.3) is 64.0 Å². The molecule has 7 aromatic carbocycles. The maximum Gasteiger partial charge on any atom is 0.145 e. The first-order valence-electron chi connectivity index (χ1n) is 14.5. The van der Waals surface area contributed by atoms with Crippen molar-refractivity contribution in [3.05, 3.63) is 152 Å². The minimum atomic E-state index is 0.907. The van der Waals surface area contributed by atoms with Crippen molar-refractivity contribution in [2.45, 2.75) is 0 Å². The number of benzene rings is 7. The second-order valence-corrected chi connectivity index (χ2v) is 12.0. The quantitative estimate of drug-likeness (QED) is 0.210. The van der Waals surface area contributed by atoms with E-state index in [1.54, 1.807) is 0 Å². The summed E-state index contributed by atoms with van der Waals surface area (Å²) >= 11 is 1.85. The zero-order valence-electron chi connectivity index (χ0n) is 23.2. The molecule has 0 N–H and O–H groups in total. The first-order valence-corrected chi connectivity index (χ1v) is 15.3. The normalized spacial score (nSPS) is 11.7. The lowest BCUT2D eigenvalue weighted by atomic mass is 10.0. The lowest BCUT2D eigenvalue weighted by Crippen LogP contribution is -2.10. The van der Waals surface area contributed by atoms with Crippen molar-refractivity contribution in [2.75, 3.05) is 4.90 Å². The summed E-state index contributed by atoms with van der Waals surface area (Å²) in [4.78, 5) is 2.38. The van der Waals surface area contributed by atoms with Gasteiger partial charge >= 0.3 is 0 Å². The minimum Gasteiger partial charge on any atom is -0.455 e. The Labute approximate surface area is 252 Å². The first-order chi connectivity index (χ1) is 21.3. The van der Waals surface area contributed by atoms with Gasteiger partial charge in [0.15, 0.2) is 0 Å². The molecule has 9 rings (SSSR count). The molecule has 0 saturated carbocycles. The highest BCUT2D eigenvalue weighted by atomic mass is 32.1. The highest BCUT2D eigenvalue weighted by molar-refractivity contribution is 7.25. The van der Waals surface area contributed by atoms with E-state index in [0.717, 1.165) is 49.8 Å². The summed E-state index contributed by atoms with van der Waals surface area (Å²) < 4.78 is 9.20. The van der Waals surface area contributed by atoms with E-state index >= 15 is 0 Å². The molecular weight excluding hydrogens is 543 g/mol. The van der Waals surface area contributed by atoms with Crippen LogP contribution in [0.1, 0.15) is 0 Å². The third kappa shape index (κ3) is 3.86. The molecule has 3 heteroatoms. The lowest BCUT2D eigenvalue weighted by molar-refractivity contribution is 0.672. The molecule has 0 bridgehead atoms. The molecule has 0 saturated heterocycles. The van der Waals surface area contributed by atoms with Gasteiger partial charge in [-0.1, -0.05) is 97.1 Å². The Morgan fingerprint density at radius 2 is 1.19 bits per heavy atom. The molecule has 0 atom stereocenters. The van der Waals surface area contributed by atoms with Crippen LogP contribution in [0.2, 0.25) is 0 Å². The zero-order chi connectivity index (χ0) is 28.3. The Morgan fingerprint density at radius 1 is 0.465 bits per heavy atom. The Kier molecular flexibility index (Phi) is 5.40. The SMILES string of the molecule is c1ccc(-c2ccc(N(c3ccc4sc5ccccc5c4c3)c3cccc4ccc5c6ccccc6oc5c34)cc2)cc1. The van der Waals surface area contributed by atoms with Crippen molar-refractivity contribution in [1.82, 2.24) is 0 Å². The fraction of sp³-hybridized carbons (Fsp3) is 0. The van der Waals surface area contributed by atoms with Crippen LogP contribution in [0.4, 0.5) is 17.1 Å². The van der Waals surface area contributed by atoms with Gasteiger partial charge < -0.3 is 9.32 Å². The van der Waals surface area contributed by atoms with E-state index in [-0.39, 0.29) is 0 Å². The van der Waals surface area contributed by atoms with E-state index in [1.165, 1.54) is 31.3 Å². The molecule has 0 amide bonds. The van der Waals surface area contributed by atoms with Gasteiger partial charge in [0.2, 0.25) is 0 Å². The topological polar surface area (TPSA) is 16.4 Å². The maximum absolute atomic E-state index is 6.60. The molecule has 2 heterocycles. The molecule has 0 fully saturated rings. The zero-order valence-corrected chi connectivity index (χ0v) is 24.0. The van der Waals surface area contributed by atoms with Gasteiger partial charge in [0.25, 0.3) is 0 Å². The largest absolute Gasteiger partial charge is 0.455 e. The van der Waals surface area contributed by atoms with Gasteiger partial charge in [-0.15, -0.1) is 11.3 Å². The van der Waals surface area contributed by atoms with Crippen molar-refractivity contribution in [3.8, 4) is 11.1 Å². The Hall–Kier alpha value is -5.38. The molecule has 0 aliphatic rings. The molecule has 43 heavy (non-hydrogen) atoms. The van der Waals surface area contributed by atoms with Gasteiger partial charge in [-0.3, -0.25) is 0 Å². The van der Waals surface area contributed by atoms with Crippen LogP contribution in [0.3, 0.4) is 0 Å². The fourth-order valence-electron chi connectivity index (χ4n) is 6.43. The lowest BCUT2D eigenvalue weighted by Gasteiger charge is -2.27. The van der Waals surface area contributed by atoms with Crippen LogP contribution in [0, 0.1) is 0 Å². The third-order valence-corrected chi connectivity index (χ3v) is 9.61. The van der Waals surface area contributed by atoms with E-state index < -0.39 is 0 Å². The van der Waals surface area contributed by atoms with Crippen molar-refractivity contribution >= 4 is 81.3 Å². The number of hydrogen-bond acceptors (Lipinski definition) is 3. The van der Waals surface area contributed by atoms with Crippen LogP contribution >= 0.6 is 11.3 Å². The molecule has 0 radical (unpaired) electrons. The molecule has 0 spiro atoms. The summed E-state index contributed by atoms with van der Waals surface area (Å²) in [6.07, 6.45) is 0. The van der Waals surface area contributed by atoms with Crippen molar-refractivity contribution < 1.29 is 4.42 Å². The van der Waals surface area contributed by atoms with Crippen molar-refractivity contribution in [2.24, 2.45) is 0 Å². The van der Waals surface area contributed by atoms with Crippen LogP contribution in [0.15, 0.2) is 156 Å². The van der Waals surface area contributed by atoms with Crippen LogP contribution in [-0.4, -0.2) is 0 Å². The van der Waals surface area contributed by atoms with Crippen LogP contribution < -0.4 is 4.90 Å². The second kappa shape index (κ2) is 9.59. The van der Waals surface area contributed by atoms with Gasteiger partial charge in [-0.05, 0) is 71.1 Å². The summed E-state index contributed by atoms with van der Waals surface area (Å²) in [6, 6.07) is 54.3. The Balaban J connectivity index is 1.32. The number of nitrogens with zero attached hydrogens (tertiary/aromatic N) is 1. The highest BCUT2D eigenvalue weighted by Gasteiger charge is 2.20. The van der Waals surface area contributed by atoms with Gasteiger partial charge in [0.1, 0.15) is 11.2 Å². The van der Waals surface area contributed by atoms with Gasteiger partial charge in [-0.2, -0.15) is 0 Å². The average molecular weight is 568 g/mol. The summed E-state index contributed by atoms with van der Waals surface area (Å²) in [6.45, 7) is 0. The summed E-state index contributed by atoms with van der Waals surface area (Å²) in [5.74, 6) is 0. The van der Waals surface area contributed by atoms with Gasteiger partial charge in [0, 0.05) is 47.7 Å². The molecule has 2 nitrogen and oxygen atoms in total. The van der Waals surface area contributed by atoms with E-state index in [9.17, 15) is 0 Å². The number of fused-ring (bicyclic) bond motifs is 8. The fourth-order valence-corrected chi connectivity index (χ4v) is 7.52. The van der Waals surface area contributed by atoms with Crippen LogP contribution in [0.5, 0.6) is 0 Å². The summed E-state index contributed by atoms with van der Waals surface area (Å²) in [5, 5.41) is 7.10. The average Bonchev–Trinajstić information content (AvgIpc) is 3.64. The summed E-state index contributed by atoms with van der Waals surface area (Å²) in [5.41, 5.74) is 7.53. The molecule has 9 aromatic rings. The monoisotopic (exact) mass is 567 g/mol.